The minimum Gasteiger partial charge on any atom is -0.497 e. The number of ether oxygens (including phenoxy) is 1. The molecule has 0 aliphatic rings. The molecule has 0 aliphatic carbocycles. The molecule has 0 bridgehead atoms. The van der Waals surface area contributed by atoms with Crippen molar-refractivity contribution >= 4 is 16.8 Å². The van der Waals surface area contributed by atoms with Crippen LogP contribution in [0.1, 0.15) is 10.4 Å². The fourth-order valence-electron chi connectivity index (χ4n) is 1.90. The van der Waals surface area contributed by atoms with E-state index in [2.05, 4.69) is 10.3 Å². The van der Waals surface area contributed by atoms with Gasteiger partial charge in [0.25, 0.3) is 5.91 Å². The van der Waals surface area contributed by atoms with Gasteiger partial charge in [0.1, 0.15) is 5.75 Å². The Morgan fingerprint density at radius 3 is 2.89 bits per heavy atom. The fourth-order valence-corrected chi connectivity index (χ4v) is 1.90. The summed E-state index contributed by atoms with van der Waals surface area (Å²) in [4.78, 5) is 17.2. The first kappa shape index (κ1) is 13.4. The van der Waals surface area contributed by atoms with Gasteiger partial charge in [-0.25, -0.2) is 0 Å². The maximum absolute atomic E-state index is 12.1. The molecule has 5 nitrogen and oxygen atoms in total. The largest absolute Gasteiger partial charge is 0.497 e. The molecule has 1 aromatic carbocycles. The minimum absolute atomic E-state index is 0.0682. The van der Waals surface area contributed by atoms with E-state index in [1.54, 1.807) is 13.3 Å². The van der Waals surface area contributed by atoms with E-state index in [-0.39, 0.29) is 5.91 Å². The highest BCUT2D eigenvalue weighted by Gasteiger charge is 2.12. The number of hydrogen-bond acceptors (Lipinski definition) is 3. The molecule has 102 valence electrons. The summed E-state index contributed by atoms with van der Waals surface area (Å²) in [6, 6.07) is 5.64. The van der Waals surface area contributed by atoms with Crippen molar-refractivity contribution in [3.05, 3.63) is 30.0 Å². The number of hydrogen-bond donors (Lipinski definition) is 2. The van der Waals surface area contributed by atoms with Gasteiger partial charge in [-0.1, -0.05) is 0 Å². The smallest absolute Gasteiger partial charge is 0.253 e. The number of nitrogens with one attached hydrogen (secondary N) is 2. The number of rotatable bonds is 5. The second-order valence-corrected chi connectivity index (χ2v) is 4.67. The van der Waals surface area contributed by atoms with Crippen molar-refractivity contribution in [3.63, 3.8) is 0 Å². The number of methoxy groups -OCH3 is 1. The maximum Gasteiger partial charge on any atom is 0.253 e. The van der Waals surface area contributed by atoms with Crippen LogP contribution in [-0.4, -0.2) is 50.1 Å². The standard InChI is InChI=1S/C14H19N3O2/c1-17(2)7-6-15-14(18)12-9-16-13-5-4-10(19-3)8-11(12)13/h4-5,8-9,16H,6-7H2,1-3H3,(H,15,18). The second kappa shape index (κ2) is 5.75. The van der Waals surface area contributed by atoms with Crippen LogP contribution >= 0.6 is 0 Å². The van der Waals surface area contributed by atoms with Crippen molar-refractivity contribution in [1.82, 2.24) is 15.2 Å². The molecule has 1 aromatic heterocycles. The number of benzene rings is 1. The highest BCUT2D eigenvalue weighted by Crippen LogP contribution is 2.23. The Balaban J connectivity index is 2.17. The van der Waals surface area contributed by atoms with Crippen LogP contribution in [0, 0.1) is 0 Å². The van der Waals surface area contributed by atoms with Crippen LogP contribution < -0.4 is 10.1 Å². The first-order valence-corrected chi connectivity index (χ1v) is 6.20. The molecule has 0 unspecified atom stereocenters. The first-order chi connectivity index (χ1) is 9.11. The van der Waals surface area contributed by atoms with Crippen LogP contribution in [-0.2, 0) is 0 Å². The lowest BCUT2D eigenvalue weighted by atomic mass is 10.1. The molecule has 0 aliphatic heterocycles. The van der Waals surface area contributed by atoms with Gasteiger partial charge in [-0.2, -0.15) is 0 Å². The lowest BCUT2D eigenvalue weighted by molar-refractivity contribution is 0.0953. The van der Waals surface area contributed by atoms with E-state index >= 15 is 0 Å². The van der Waals surface area contributed by atoms with Crippen LogP contribution in [0.3, 0.4) is 0 Å². The summed E-state index contributed by atoms with van der Waals surface area (Å²) < 4.78 is 5.19. The second-order valence-electron chi connectivity index (χ2n) is 4.67. The molecule has 0 atom stereocenters. The van der Waals surface area contributed by atoms with Gasteiger partial charge in [-0.05, 0) is 32.3 Å². The van der Waals surface area contributed by atoms with Crippen LogP contribution in [0.15, 0.2) is 24.4 Å². The molecule has 1 amide bonds. The van der Waals surface area contributed by atoms with E-state index < -0.39 is 0 Å². The normalized spacial score (nSPS) is 10.9. The number of nitrogens with zero attached hydrogens (tertiary/aromatic N) is 1. The number of carbonyl (C=O) groups is 1. The van der Waals surface area contributed by atoms with Crippen LogP contribution in [0.4, 0.5) is 0 Å². The predicted molar refractivity (Wildman–Crippen MR) is 75.7 cm³/mol. The van der Waals surface area contributed by atoms with Gasteiger partial charge in [-0.15, -0.1) is 0 Å². The molecule has 1 heterocycles. The lowest BCUT2D eigenvalue weighted by Crippen LogP contribution is -2.31. The van der Waals surface area contributed by atoms with E-state index in [1.165, 1.54) is 0 Å². The molecule has 0 radical (unpaired) electrons. The first-order valence-electron chi connectivity index (χ1n) is 6.20. The van der Waals surface area contributed by atoms with Crippen LogP contribution in [0.25, 0.3) is 10.9 Å². The zero-order valence-electron chi connectivity index (χ0n) is 11.5. The van der Waals surface area contributed by atoms with Gasteiger partial charge in [0.05, 0.1) is 12.7 Å². The molecule has 0 saturated carbocycles. The topological polar surface area (TPSA) is 57.4 Å². The zero-order valence-corrected chi connectivity index (χ0v) is 11.5. The lowest BCUT2D eigenvalue weighted by Gasteiger charge is -2.10. The molecule has 2 N–H and O–H groups in total. The van der Waals surface area contributed by atoms with E-state index in [0.717, 1.165) is 23.2 Å². The summed E-state index contributed by atoms with van der Waals surface area (Å²) >= 11 is 0. The predicted octanol–water partition coefficient (Wildman–Crippen LogP) is 1.47. The van der Waals surface area contributed by atoms with Crippen molar-refractivity contribution in [3.8, 4) is 5.75 Å². The van der Waals surface area contributed by atoms with Crippen LogP contribution in [0.5, 0.6) is 5.75 Å². The summed E-state index contributed by atoms with van der Waals surface area (Å²) in [5, 5.41) is 3.78. The van der Waals surface area contributed by atoms with Crippen LogP contribution in [0.2, 0.25) is 0 Å². The van der Waals surface area contributed by atoms with E-state index in [1.807, 2.05) is 37.2 Å². The highest BCUT2D eigenvalue weighted by molar-refractivity contribution is 6.07. The molecule has 0 fully saturated rings. The molecular weight excluding hydrogens is 242 g/mol. The average molecular weight is 261 g/mol. The summed E-state index contributed by atoms with van der Waals surface area (Å²) in [7, 11) is 5.57. The van der Waals surface area contributed by atoms with Crippen molar-refractivity contribution < 1.29 is 9.53 Å². The summed E-state index contributed by atoms with van der Waals surface area (Å²) in [5.74, 6) is 0.677. The Hall–Kier alpha value is -2.01. The third-order valence-electron chi connectivity index (χ3n) is 2.98. The Morgan fingerprint density at radius 1 is 1.42 bits per heavy atom. The number of aromatic amines is 1. The van der Waals surface area contributed by atoms with Crippen molar-refractivity contribution in [1.29, 1.82) is 0 Å². The van der Waals surface area contributed by atoms with E-state index in [4.69, 9.17) is 4.74 Å². The summed E-state index contributed by atoms with van der Waals surface area (Å²) in [6.45, 7) is 1.44. The quantitative estimate of drug-likeness (QED) is 0.857. The SMILES string of the molecule is COc1ccc2[nH]cc(C(=O)NCCN(C)C)c2c1. The third kappa shape index (κ3) is 3.06. The Bertz CT molecular complexity index is 575. The van der Waals surface area contributed by atoms with Gasteiger partial charge in [0.2, 0.25) is 0 Å². The monoisotopic (exact) mass is 261 g/mol. The number of H-pyrrole nitrogens is 1. The molecule has 0 saturated heterocycles. The van der Waals surface area contributed by atoms with Crippen molar-refractivity contribution in [2.75, 3.05) is 34.3 Å². The van der Waals surface area contributed by atoms with Gasteiger partial charge >= 0.3 is 0 Å². The number of aromatic nitrogens is 1. The molecular formula is C14H19N3O2. The Kier molecular flexibility index (Phi) is 4.06. The summed E-state index contributed by atoms with van der Waals surface area (Å²) in [6.07, 6.45) is 1.73. The van der Waals surface area contributed by atoms with E-state index in [9.17, 15) is 4.79 Å². The fraction of sp³-hybridized carbons (Fsp3) is 0.357. The Morgan fingerprint density at radius 2 is 2.21 bits per heavy atom. The highest BCUT2D eigenvalue weighted by atomic mass is 16.5. The Labute approximate surface area is 112 Å². The zero-order chi connectivity index (χ0) is 13.8. The molecule has 2 rings (SSSR count). The molecule has 0 spiro atoms. The van der Waals surface area contributed by atoms with Gasteiger partial charge < -0.3 is 19.9 Å². The number of likely N-dealkylation sites (N-methyl/N-ethyl adjacent to an activating group) is 1. The molecule has 19 heavy (non-hydrogen) atoms. The average Bonchev–Trinajstić information content (AvgIpc) is 2.80. The van der Waals surface area contributed by atoms with Crippen molar-refractivity contribution in [2.24, 2.45) is 0 Å². The summed E-state index contributed by atoms with van der Waals surface area (Å²) in [5.41, 5.74) is 1.58. The molecule has 5 heteroatoms. The maximum atomic E-state index is 12.1. The van der Waals surface area contributed by atoms with Gasteiger partial charge in [0, 0.05) is 30.2 Å². The van der Waals surface area contributed by atoms with Gasteiger partial charge in [-0.3, -0.25) is 4.79 Å². The molecule has 2 aromatic rings. The minimum atomic E-state index is -0.0682. The number of fused-ring (bicyclic) bond motifs is 1. The van der Waals surface area contributed by atoms with E-state index in [0.29, 0.717) is 12.1 Å². The van der Waals surface area contributed by atoms with Crippen molar-refractivity contribution in [2.45, 2.75) is 0 Å². The number of amides is 1. The van der Waals surface area contributed by atoms with Gasteiger partial charge in [0.15, 0.2) is 0 Å². The number of carbonyl (C=O) groups excluding carboxylic acids is 1. The third-order valence-corrected chi connectivity index (χ3v) is 2.98.